The number of anilines is 1. The molecule has 0 aliphatic heterocycles. The molecular weight excluding hydrogens is 262 g/mol. The minimum Gasteiger partial charge on any atom is -0.493 e. The van der Waals surface area contributed by atoms with Gasteiger partial charge in [0.1, 0.15) is 11.6 Å². The third-order valence-corrected chi connectivity index (χ3v) is 3.26. The minimum atomic E-state index is 0.545. The number of hydrogen-bond donors (Lipinski definition) is 1. The van der Waals surface area contributed by atoms with Gasteiger partial charge in [0, 0.05) is 24.8 Å². The summed E-state index contributed by atoms with van der Waals surface area (Å²) in [7, 11) is 0. The van der Waals surface area contributed by atoms with Gasteiger partial charge in [-0.05, 0) is 37.5 Å². The number of aromatic nitrogens is 2. The van der Waals surface area contributed by atoms with E-state index in [1.54, 1.807) is 0 Å². The van der Waals surface area contributed by atoms with Crippen LogP contribution in [-0.2, 0) is 13.1 Å². The molecule has 2 aromatic rings. The van der Waals surface area contributed by atoms with Gasteiger partial charge in [-0.1, -0.05) is 26.0 Å². The van der Waals surface area contributed by atoms with E-state index in [2.05, 4.69) is 56.3 Å². The molecule has 1 N–H and O–H groups in total. The molecule has 0 radical (unpaired) electrons. The van der Waals surface area contributed by atoms with Crippen molar-refractivity contribution in [1.82, 2.24) is 9.78 Å². The predicted octanol–water partition coefficient (Wildman–Crippen LogP) is 3.86. The van der Waals surface area contributed by atoms with Gasteiger partial charge in [0.2, 0.25) is 0 Å². The van der Waals surface area contributed by atoms with Crippen molar-refractivity contribution in [2.45, 2.75) is 40.8 Å². The zero-order valence-corrected chi connectivity index (χ0v) is 13.4. The maximum Gasteiger partial charge on any atom is 0.148 e. The minimum absolute atomic E-state index is 0.545. The van der Waals surface area contributed by atoms with Crippen LogP contribution in [0.3, 0.4) is 0 Å². The van der Waals surface area contributed by atoms with Gasteiger partial charge < -0.3 is 10.1 Å². The van der Waals surface area contributed by atoms with Crippen molar-refractivity contribution in [3.63, 3.8) is 0 Å². The van der Waals surface area contributed by atoms with E-state index in [9.17, 15) is 0 Å². The van der Waals surface area contributed by atoms with Crippen molar-refractivity contribution >= 4 is 5.82 Å². The van der Waals surface area contributed by atoms with Gasteiger partial charge in [-0.2, -0.15) is 5.10 Å². The molecular formula is C17H25N3O. The molecule has 0 fully saturated rings. The van der Waals surface area contributed by atoms with Crippen LogP contribution >= 0.6 is 0 Å². The Morgan fingerprint density at radius 2 is 1.95 bits per heavy atom. The Morgan fingerprint density at radius 1 is 1.24 bits per heavy atom. The molecule has 1 aromatic heterocycles. The zero-order chi connectivity index (χ0) is 15.2. The lowest BCUT2D eigenvalue weighted by Gasteiger charge is -2.09. The maximum atomic E-state index is 5.68. The molecule has 0 aliphatic carbocycles. The fraction of sp³-hybridized carbons (Fsp3) is 0.471. The van der Waals surface area contributed by atoms with Crippen LogP contribution in [0.4, 0.5) is 5.82 Å². The molecule has 0 aliphatic rings. The fourth-order valence-corrected chi connectivity index (χ4v) is 2.08. The summed E-state index contributed by atoms with van der Waals surface area (Å²) >= 11 is 0. The maximum absolute atomic E-state index is 5.68. The number of aryl methyl sites for hydroxylation is 2. The molecule has 0 saturated heterocycles. The van der Waals surface area contributed by atoms with Crippen molar-refractivity contribution in [2.75, 3.05) is 11.9 Å². The van der Waals surface area contributed by atoms with Gasteiger partial charge in [0.15, 0.2) is 0 Å². The van der Waals surface area contributed by atoms with E-state index < -0.39 is 0 Å². The average molecular weight is 287 g/mol. The van der Waals surface area contributed by atoms with E-state index in [1.807, 2.05) is 16.8 Å². The summed E-state index contributed by atoms with van der Waals surface area (Å²) in [5, 5.41) is 7.84. The highest BCUT2D eigenvalue weighted by Gasteiger charge is 2.03. The molecule has 4 heteroatoms. The second kappa shape index (κ2) is 7.16. The lowest BCUT2D eigenvalue weighted by atomic mass is 10.2. The first-order chi connectivity index (χ1) is 10.1. The Hall–Kier alpha value is -1.97. The van der Waals surface area contributed by atoms with E-state index >= 15 is 0 Å². The van der Waals surface area contributed by atoms with Gasteiger partial charge in [0.05, 0.1) is 6.61 Å². The number of benzene rings is 1. The highest BCUT2D eigenvalue weighted by molar-refractivity contribution is 5.37. The number of hydrogen-bond acceptors (Lipinski definition) is 3. The summed E-state index contributed by atoms with van der Waals surface area (Å²) in [6.45, 7) is 10.9. The van der Waals surface area contributed by atoms with Crippen LogP contribution in [-0.4, -0.2) is 16.4 Å². The Balaban J connectivity index is 1.88. The van der Waals surface area contributed by atoms with Crippen molar-refractivity contribution in [3.05, 3.63) is 41.6 Å². The van der Waals surface area contributed by atoms with Crippen LogP contribution in [0.2, 0.25) is 0 Å². The third-order valence-electron chi connectivity index (χ3n) is 3.26. The van der Waals surface area contributed by atoms with Crippen LogP contribution in [0.1, 0.15) is 32.0 Å². The Labute approximate surface area is 127 Å². The zero-order valence-electron chi connectivity index (χ0n) is 13.4. The molecule has 1 heterocycles. The molecule has 0 atom stereocenters. The molecule has 4 nitrogen and oxygen atoms in total. The summed E-state index contributed by atoms with van der Waals surface area (Å²) in [6, 6.07) is 10.3. The highest BCUT2D eigenvalue weighted by atomic mass is 16.5. The van der Waals surface area contributed by atoms with Crippen molar-refractivity contribution < 1.29 is 4.74 Å². The molecule has 2 rings (SSSR count). The van der Waals surface area contributed by atoms with E-state index in [0.29, 0.717) is 5.92 Å². The molecule has 0 amide bonds. The highest BCUT2D eigenvalue weighted by Crippen LogP contribution is 2.15. The Kier molecular flexibility index (Phi) is 5.26. The molecule has 1 aromatic carbocycles. The molecule has 114 valence electrons. The second-order valence-corrected chi connectivity index (χ2v) is 5.69. The van der Waals surface area contributed by atoms with Gasteiger partial charge in [-0.3, -0.25) is 4.68 Å². The summed E-state index contributed by atoms with van der Waals surface area (Å²) < 4.78 is 7.67. The number of nitrogens with one attached hydrogen (secondary N) is 1. The van der Waals surface area contributed by atoms with Gasteiger partial charge >= 0.3 is 0 Å². The van der Waals surface area contributed by atoms with E-state index in [4.69, 9.17) is 4.74 Å². The summed E-state index contributed by atoms with van der Waals surface area (Å²) in [5.41, 5.74) is 2.40. The molecule has 0 bridgehead atoms. The van der Waals surface area contributed by atoms with Crippen molar-refractivity contribution in [3.8, 4) is 5.75 Å². The summed E-state index contributed by atoms with van der Waals surface area (Å²) in [6.07, 6.45) is 0. The predicted molar refractivity (Wildman–Crippen MR) is 86.7 cm³/mol. The topological polar surface area (TPSA) is 39.1 Å². The summed E-state index contributed by atoms with van der Waals surface area (Å²) in [4.78, 5) is 0. The standard InChI is InChI=1S/C17H25N3O/c1-5-20-14(4)10-17(19-20)18-11-15-6-8-16(9-7-15)21-12-13(2)3/h6-10,13H,5,11-12H2,1-4H3,(H,18,19). The van der Waals surface area contributed by atoms with E-state index in [0.717, 1.165) is 31.3 Å². The molecule has 0 saturated carbocycles. The Bertz CT molecular complexity index is 558. The van der Waals surface area contributed by atoms with Crippen molar-refractivity contribution in [2.24, 2.45) is 5.92 Å². The monoisotopic (exact) mass is 287 g/mol. The van der Waals surface area contributed by atoms with Crippen molar-refractivity contribution in [1.29, 1.82) is 0 Å². The number of nitrogens with zero attached hydrogens (tertiary/aromatic N) is 2. The first-order valence-corrected chi connectivity index (χ1v) is 7.58. The van der Waals surface area contributed by atoms with Crippen LogP contribution in [0, 0.1) is 12.8 Å². The number of rotatable bonds is 7. The first kappa shape index (κ1) is 15.4. The van der Waals surface area contributed by atoms with E-state index in [-0.39, 0.29) is 0 Å². The molecule has 0 unspecified atom stereocenters. The van der Waals surface area contributed by atoms with Gasteiger partial charge in [-0.15, -0.1) is 0 Å². The van der Waals surface area contributed by atoms with Crippen LogP contribution in [0.25, 0.3) is 0 Å². The number of ether oxygens (including phenoxy) is 1. The van der Waals surface area contributed by atoms with E-state index in [1.165, 1.54) is 11.3 Å². The SMILES string of the molecule is CCn1nc(NCc2ccc(OCC(C)C)cc2)cc1C. The van der Waals surface area contributed by atoms with Crippen LogP contribution < -0.4 is 10.1 Å². The smallest absolute Gasteiger partial charge is 0.148 e. The van der Waals surface area contributed by atoms with Crippen LogP contribution in [0.15, 0.2) is 30.3 Å². The lowest BCUT2D eigenvalue weighted by Crippen LogP contribution is -2.05. The second-order valence-electron chi connectivity index (χ2n) is 5.69. The van der Waals surface area contributed by atoms with Crippen LogP contribution in [0.5, 0.6) is 5.75 Å². The molecule has 21 heavy (non-hydrogen) atoms. The molecule has 0 spiro atoms. The van der Waals surface area contributed by atoms with Gasteiger partial charge in [0.25, 0.3) is 0 Å². The quantitative estimate of drug-likeness (QED) is 0.840. The fourth-order valence-electron chi connectivity index (χ4n) is 2.08. The van der Waals surface area contributed by atoms with Gasteiger partial charge in [-0.25, -0.2) is 0 Å². The normalized spacial score (nSPS) is 10.9. The first-order valence-electron chi connectivity index (χ1n) is 7.58. The summed E-state index contributed by atoms with van der Waals surface area (Å²) in [5.74, 6) is 2.40. The average Bonchev–Trinajstić information content (AvgIpc) is 2.84. The lowest BCUT2D eigenvalue weighted by molar-refractivity contribution is 0.271. The Morgan fingerprint density at radius 3 is 2.52 bits per heavy atom. The largest absolute Gasteiger partial charge is 0.493 e. The third kappa shape index (κ3) is 4.52.